The van der Waals surface area contributed by atoms with E-state index >= 15 is 0 Å². The van der Waals surface area contributed by atoms with Crippen LogP contribution in [0.5, 0.6) is 5.75 Å². The number of nitrogens with zero attached hydrogens (tertiary/aromatic N) is 1. The molecule has 0 saturated heterocycles. The molecule has 0 saturated carbocycles. The first-order valence-corrected chi connectivity index (χ1v) is 5.85. The van der Waals surface area contributed by atoms with E-state index in [1.54, 1.807) is 29.5 Å². The van der Waals surface area contributed by atoms with Crippen LogP contribution in [0.25, 0.3) is 0 Å². The molecule has 0 aliphatic heterocycles. The van der Waals surface area contributed by atoms with Gasteiger partial charge in [-0.3, -0.25) is 4.79 Å². The van der Waals surface area contributed by atoms with Crippen LogP contribution < -0.4 is 0 Å². The van der Waals surface area contributed by atoms with Gasteiger partial charge in [-0.05, 0) is 35.6 Å². The van der Waals surface area contributed by atoms with Crippen LogP contribution in [0.15, 0.2) is 6.07 Å². The third kappa shape index (κ3) is 3.76. The number of hydrogen-bond acceptors (Lipinski definition) is 4. The van der Waals surface area contributed by atoms with Crippen molar-refractivity contribution >= 4 is 28.6 Å². The average molecular weight is 357 g/mol. The summed E-state index contributed by atoms with van der Waals surface area (Å²) in [6.07, 6.45) is -3.00. The highest BCUT2D eigenvalue weighted by Crippen LogP contribution is 2.31. The SMILES string of the molecule is CCOC(=O)Cc1cc(C(F)F)c(O)c(I)n1. The minimum Gasteiger partial charge on any atom is -0.505 e. The number of aromatic nitrogens is 1. The van der Waals surface area contributed by atoms with Crippen LogP contribution in [0.4, 0.5) is 8.78 Å². The van der Waals surface area contributed by atoms with Gasteiger partial charge in [0.1, 0.15) is 3.70 Å². The molecule has 0 aliphatic carbocycles. The van der Waals surface area contributed by atoms with Gasteiger partial charge in [-0.15, -0.1) is 0 Å². The van der Waals surface area contributed by atoms with Crippen LogP contribution in [0, 0.1) is 3.70 Å². The third-order valence-corrected chi connectivity index (χ3v) is 2.65. The standard InChI is InChI=1S/C10H10F2INO3/c1-2-17-7(15)4-5-3-6(9(11)12)8(16)10(13)14-5/h3,9,16H,2,4H2,1H3. The number of rotatable bonds is 4. The fourth-order valence-electron chi connectivity index (χ4n) is 1.20. The molecule has 0 unspecified atom stereocenters. The van der Waals surface area contributed by atoms with Crippen molar-refractivity contribution in [3.63, 3.8) is 0 Å². The summed E-state index contributed by atoms with van der Waals surface area (Å²) in [5.41, 5.74) is -0.371. The normalized spacial score (nSPS) is 10.6. The van der Waals surface area contributed by atoms with Crippen molar-refractivity contribution in [1.82, 2.24) is 4.98 Å². The van der Waals surface area contributed by atoms with Gasteiger partial charge in [0.25, 0.3) is 6.43 Å². The molecule has 0 fully saturated rings. The van der Waals surface area contributed by atoms with Crippen molar-refractivity contribution in [1.29, 1.82) is 0 Å². The van der Waals surface area contributed by atoms with Crippen molar-refractivity contribution in [3.8, 4) is 5.75 Å². The minimum absolute atomic E-state index is 0.0414. The minimum atomic E-state index is -2.81. The lowest BCUT2D eigenvalue weighted by Crippen LogP contribution is -2.10. The van der Waals surface area contributed by atoms with E-state index in [4.69, 9.17) is 0 Å². The second kappa shape index (κ2) is 6.08. The first-order chi connectivity index (χ1) is 7.95. The van der Waals surface area contributed by atoms with E-state index in [9.17, 15) is 18.7 Å². The van der Waals surface area contributed by atoms with Gasteiger partial charge >= 0.3 is 5.97 Å². The molecule has 1 aromatic heterocycles. The number of carbonyl (C=O) groups is 1. The van der Waals surface area contributed by atoms with E-state index in [1.165, 1.54) is 0 Å². The molecule has 17 heavy (non-hydrogen) atoms. The van der Waals surface area contributed by atoms with Gasteiger partial charge in [0.15, 0.2) is 5.75 Å². The molecule has 0 amide bonds. The number of hydrogen-bond donors (Lipinski definition) is 1. The summed E-state index contributed by atoms with van der Waals surface area (Å²) in [5.74, 6) is -1.09. The molecular formula is C10H10F2INO3. The summed E-state index contributed by atoms with van der Waals surface area (Å²) in [7, 11) is 0. The number of aromatic hydroxyl groups is 1. The predicted octanol–water partition coefficient (Wildman–Crippen LogP) is 2.44. The first-order valence-electron chi connectivity index (χ1n) is 4.77. The van der Waals surface area contributed by atoms with Crippen LogP contribution in [-0.4, -0.2) is 22.7 Å². The van der Waals surface area contributed by atoms with Crippen molar-refractivity contribution in [2.75, 3.05) is 6.61 Å². The molecular weight excluding hydrogens is 347 g/mol. The molecule has 1 rings (SSSR count). The molecule has 0 bridgehead atoms. The topological polar surface area (TPSA) is 59.4 Å². The highest BCUT2D eigenvalue weighted by molar-refractivity contribution is 14.1. The number of alkyl halides is 2. The highest BCUT2D eigenvalue weighted by Gasteiger charge is 2.18. The van der Waals surface area contributed by atoms with E-state index in [1.807, 2.05) is 0 Å². The molecule has 94 valence electrons. The Kier molecular flexibility index (Phi) is 5.03. The van der Waals surface area contributed by atoms with Crippen molar-refractivity contribution < 1.29 is 23.4 Å². The Morgan fingerprint density at radius 2 is 2.29 bits per heavy atom. The van der Waals surface area contributed by atoms with E-state index in [-0.39, 0.29) is 22.4 Å². The monoisotopic (exact) mass is 357 g/mol. The fourth-order valence-corrected chi connectivity index (χ4v) is 1.82. The van der Waals surface area contributed by atoms with Crippen molar-refractivity contribution in [2.24, 2.45) is 0 Å². The van der Waals surface area contributed by atoms with Gasteiger partial charge in [-0.2, -0.15) is 0 Å². The van der Waals surface area contributed by atoms with Crippen LogP contribution in [0.2, 0.25) is 0 Å². The zero-order chi connectivity index (χ0) is 13.0. The summed E-state index contributed by atoms with van der Waals surface area (Å²) in [6, 6.07) is 1.01. The maximum absolute atomic E-state index is 12.6. The molecule has 7 heteroatoms. The Labute approximate surface area is 110 Å². The summed E-state index contributed by atoms with van der Waals surface area (Å²) >= 11 is 1.63. The summed E-state index contributed by atoms with van der Waals surface area (Å²) in [4.78, 5) is 15.0. The molecule has 4 nitrogen and oxygen atoms in total. The zero-order valence-electron chi connectivity index (χ0n) is 8.91. The molecule has 1 aromatic rings. The Balaban J connectivity index is 2.98. The van der Waals surface area contributed by atoms with Gasteiger partial charge in [0.2, 0.25) is 0 Å². The van der Waals surface area contributed by atoms with Gasteiger partial charge in [-0.1, -0.05) is 0 Å². The molecule has 0 aromatic carbocycles. The number of ether oxygens (including phenoxy) is 1. The second-order valence-corrected chi connectivity index (χ2v) is 4.15. The first kappa shape index (κ1) is 14.1. The van der Waals surface area contributed by atoms with Crippen LogP contribution >= 0.6 is 22.6 Å². The zero-order valence-corrected chi connectivity index (χ0v) is 11.1. The van der Waals surface area contributed by atoms with Gasteiger partial charge in [0, 0.05) is 0 Å². The maximum atomic E-state index is 12.6. The Hall–Kier alpha value is -0.990. The summed E-state index contributed by atoms with van der Waals surface area (Å²) < 4.78 is 29.9. The number of halogens is 3. The van der Waals surface area contributed by atoms with E-state index in [0.29, 0.717) is 0 Å². The molecule has 0 aliphatic rings. The fraction of sp³-hybridized carbons (Fsp3) is 0.400. The Bertz CT molecular complexity index is 426. The average Bonchev–Trinajstić information content (AvgIpc) is 2.23. The van der Waals surface area contributed by atoms with Crippen molar-refractivity contribution in [3.05, 3.63) is 21.0 Å². The lowest BCUT2D eigenvalue weighted by atomic mass is 10.2. The van der Waals surface area contributed by atoms with Crippen molar-refractivity contribution in [2.45, 2.75) is 19.8 Å². The molecule has 0 spiro atoms. The van der Waals surface area contributed by atoms with Crippen LogP contribution in [0.1, 0.15) is 24.6 Å². The van der Waals surface area contributed by atoms with Gasteiger partial charge in [-0.25, -0.2) is 13.8 Å². The van der Waals surface area contributed by atoms with E-state index in [2.05, 4.69) is 9.72 Å². The molecule has 0 atom stereocenters. The summed E-state index contributed by atoms with van der Waals surface area (Å²) in [5, 5.41) is 9.36. The molecule has 1 N–H and O–H groups in total. The number of pyridine rings is 1. The lowest BCUT2D eigenvalue weighted by molar-refractivity contribution is -0.142. The van der Waals surface area contributed by atoms with Gasteiger partial charge < -0.3 is 9.84 Å². The molecule has 0 radical (unpaired) electrons. The Morgan fingerprint density at radius 1 is 1.65 bits per heavy atom. The maximum Gasteiger partial charge on any atom is 0.311 e. The third-order valence-electron chi connectivity index (χ3n) is 1.90. The van der Waals surface area contributed by atoms with Crippen LogP contribution in [-0.2, 0) is 16.0 Å². The largest absolute Gasteiger partial charge is 0.505 e. The van der Waals surface area contributed by atoms with E-state index < -0.39 is 23.7 Å². The van der Waals surface area contributed by atoms with Gasteiger partial charge in [0.05, 0.1) is 24.3 Å². The Morgan fingerprint density at radius 3 is 2.82 bits per heavy atom. The molecule has 1 heterocycles. The number of esters is 1. The smallest absolute Gasteiger partial charge is 0.311 e. The highest BCUT2D eigenvalue weighted by atomic mass is 127. The van der Waals surface area contributed by atoms with Crippen LogP contribution in [0.3, 0.4) is 0 Å². The predicted molar refractivity (Wildman–Crippen MR) is 63.9 cm³/mol. The second-order valence-electron chi connectivity index (χ2n) is 3.12. The number of carbonyl (C=O) groups excluding carboxylic acids is 1. The van der Waals surface area contributed by atoms with E-state index in [0.717, 1.165) is 6.07 Å². The lowest BCUT2D eigenvalue weighted by Gasteiger charge is -2.08. The summed E-state index contributed by atoms with van der Waals surface area (Å²) in [6.45, 7) is 1.87. The quantitative estimate of drug-likeness (QED) is 0.511.